The van der Waals surface area contributed by atoms with E-state index in [-0.39, 0.29) is 5.78 Å². The Hall–Kier alpha value is -1.26. The first-order valence-corrected chi connectivity index (χ1v) is 4.25. The maximum atomic E-state index is 11.2. The van der Waals surface area contributed by atoms with Crippen molar-refractivity contribution in [1.29, 1.82) is 0 Å². The SMILES string of the molecule is O=CC(C[N+](=O)[O-])C1CCCC1=O. The molecule has 5 nitrogen and oxygen atoms in total. The van der Waals surface area contributed by atoms with Gasteiger partial charge in [0.15, 0.2) is 0 Å². The van der Waals surface area contributed by atoms with Gasteiger partial charge in [0.1, 0.15) is 12.1 Å². The molecule has 1 rings (SSSR count). The van der Waals surface area contributed by atoms with Gasteiger partial charge in [0, 0.05) is 17.3 Å². The fourth-order valence-corrected chi connectivity index (χ4v) is 1.73. The first-order valence-electron chi connectivity index (χ1n) is 4.25. The van der Waals surface area contributed by atoms with E-state index in [9.17, 15) is 19.7 Å². The van der Waals surface area contributed by atoms with Crippen molar-refractivity contribution >= 4 is 12.1 Å². The molecule has 0 aromatic rings. The van der Waals surface area contributed by atoms with Gasteiger partial charge in [-0.3, -0.25) is 14.9 Å². The number of rotatable bonds is 4. The number of carbonyl (C=O) groups is 2. The smallest absolute Gasteiger partial charge is 0.213 e. The molecule has 1 aliphatic carbocycles. The van der Waals surface area contributed by atoms with E-state index in [0.29, 0.717) is 19.1 Å². The van der Waals surface area contributed by atoms with Crippen molar-refractivity contribution in [3.63, 3.8) is 0 Å². The van der Waals surface area contributed by atoms with Crippen LogP contribution in [0.2, 0.25) is 0 Å². The molecule has 0 heterocycles. The second-order valence-electron chi connectivity index (χ2n) is 3.28. The van der Waals surface area contributed by atoms with Crippen LogP contribution in [-0.4, -0.2) is 23.5 Å². The van der Waals surface area contributed by atoms with E-state index >= 15 is 0 Å². The maximum absolute atomic E-state index is 11.2. The second kappa shape index (κ2) is 4.11. The molecule has 1 fully saturated rings. The highest BCUT2D eigenvalue weighted by Crippen LogP contribution is 2.27. The molecule has 0 amide bonds. The standard InChI is InChI=1S/C8H11NO4/c10-5-6(4-9(12)13)7-2-1-3-8(7)11/h5-7H,1-4H2. The van der Waals surface area contributed by atoms with Crippen LogP contribution in [-0.2, 0) is 9.59 Å². The molecule has 13 heavy (non-hydrogen) atoms. The lowest BCUT2D eigenvalue weighted by molar-refractivity contribution is -0.486. The third kappa shape index (κ3) is 2.34. The van der Waals surface area contributed by atoms with Crippen LogP contribution < -0.4 is 0 Å². The molecule has 2 unspecified atom stereocenters. The van der Waals surface area contributed by atoms with E-state index in [1.807, 2.05) is 0 Å². The van der Waals surface area contributed by atoms with Crippen LogP contribution in [0.4, 0.5) is 0 Å². The molecule has 0 aromatic carbocycles. The van der Waals surface area contributed by atoms with Crippen molar-refractivity contribution in [1.82, 2.24) is 0 Å². The van der Waals surface area contributed by atoms with Crippen LogP contribution in [0.1, 0.15) is 19.3 Å². The summed E-state index contributed by atoms with van der Waals surface area (Å²) in [7, 11) is 0. The first kappa shape index (κ1) is 9.83. The monoisotopic (exact) mass is 185 g/mol. The Bertz CT molecular complexity index is 238. The summed E-state index contributed by atoms with van der Waals surface area (Å²) in [5.74, 6) is -1.12. The molecule has 1 aliphatic rings. The predicted octanol–water partition coefficient (Wildman–Crippen LogP) is 0.447. The minimum absolute atomic E-state index is 0.000972. The van der Waals surface area contributed by atoms with Crippen molar-refractivity contribution in [2.24, 2.45) is 11.8 Å². The molecule has 72 valence electrons. The summed E-state index contributed by atoms with van der Waals surface area (Å²) in [5.41, 5.74) is 0. The minimum Gasteiger partial charge on any atom is -0.303 e. The third-order valence-corrected chi connectivity index (χ3v) is 2.40. The van der Waals surface area contributed by atoms with Gasteiger partial charge in [0.05, 0.1) is 5.92 Å². The molecule has 2 atom stereocenters. The summed E-state index contributed by atoms with van der Waals surface area (Å²) >= 11 is 0. The van der Waals surface area contributed by atoms with Crippen molar-refractivity contribution in [2.45, 2.75) is 19.3 Å². The Labute approximate surface area is 75.3 Å². The fourth-order valence-electron chi connectivity index (χ4n) is 1.73. The molecular formula is C8H11NO4. The molecule has 1 saturated carbocycles. The van der Waals surface area contributed by atoms with Crippen LogP contribution >= 0.6 is 0 Å². The van der Waals surface area contributed by atoms with Gasteiger partial charge < -0.3 is 4.79 Å². The van der Waals surface area contributed by atoms with Crippen LogP contribution in [0.3, 0.4) is 0 Å². The summed E-state index contributed by atoms with van der Waals surface area (Å²) in [4.78, 5) is 31.3. The first-order chi connectivity index (χ1) is 6.15. The van der Waals surface area contributed by atoms with Crippen LogP contribution in [0.5, 0.6) is 0 Å². The van der Waals surface area contributed by atoms with Gasteiger partial charge in [0.25, 0.3) is 0 Å². The second-order valence-corrected chi connectivity index (χ2v) is 3.28. The number of aldehydes is 1. The number of hydrogen-bond acceptors (Lipinski definition) is 4. The Morgan fingerprint density at radius 2 is 2.38 bits per heavy atom. The summed E-state index contributed by atoms with van der Waals surface area (Å²) in [6.07, 6.45) is 2.38. The van der Waals surface area contributed by atoms with E-state index in [1.165, 1.54) is 0 Å². The molecule has 0 aromatic heterocycles. The van der Waals surface area contributed by atoms with Gasteiger partial charge in [-0.1, -0.05) is 0 Å². The van der Waals surface area contributed by atoms with Crippen molar-refractivity contribution in [3.05, 3.63) is 10.1 Å². The molecule has 0 saturated heterocycles. The third-order valence-electron chi connectivity index (χ3n) is 2.40. The average Bonchev–Trinajstić information content (AvgIpc) is 2.47. The van der Waals surface area contributed by atoms with E-state index in [2.05, 4.69) is 0 Å². The summed E-state index contributed by atoms with van der Waals surface area (Å²) in [5, 5.41) is 10.2. The number of ketones is 1. The number of carbonyl (C=O) groups excluding carboxylic acids is 2. The summed E-state index contributed by atoms with van der Waals surface area (Å²) in [6, 6.07) is 0. The normalized spacial score (nSPS) is 24.3. The average molecular weight is 185 g/mol. The van der Waals surface area contributed by atoms with E-state index < -0.39 is 23.3 Å². The number of Topliss-reactive ketones (excluding diaryl/α,β-unsaturated/α-hetero) is 1. The van der Waals surface area contributed by atoms with Crippen LogP contribution in [0, 0.1) is 22.0 Å². The zero-order chi connectivity index (χ0) is 9.84. The van der Waals surface area contributed by atoms with Gasteiger partial charge >= 0.3 is 0 Å². The predicted molar refractivity (Wildman–Crippen MR) is 43.8 cm³/mol. The van der Waals surface area contributed by atoms with Gasteiger partial charge in [-0.05, 0) is 12.8 Å². The minimum atomic E-state index is -0.718. The highest BCUT2D eigenvalue weighted by molar-refractivity contribution is 5.85. The van der Waals surface area contributed by atoms with Crippen molar-refractivity contribution in [2.75, 3.05) is 6.54 Å². The highest BCUT2D eigenvalue weighted by Gasteiger charge is 2.34. The summed E-state index contributed by atoms with van der Waals surface area (Å²) in [6.45, 7) is -0.417. The lowest BCUT2D eigenvalue weighted by atomic mass is 9.91. The van der Waals surface area contributed by atoms with Gasteiger partial charge in [0.2, 0.25) is 6.54 Å². The molecule has 0 radical (unpaired) electrons. The van der Waals surface area contributed by atoms with Crippen molar-refractivity contribution in [3.8, 4) is 0 Å². The fraction of sp³-hybridized carbons (Fsp3) is 0.750. The van der Waals surface area contributed by atoms with Gasteiger partial charge in [-0.25, -0.2) is 0 Å². The quantitative estimate of drug-likeness (QED) is 0.362. The van der Waals surface area contributed by atoms with E-state index in [4.69, 9.17) is 0 Å². The Kier molecular flexibility index (Phi) is 3.11. The maximum Gasteiger partial charge on any atom is 0.213 e. The van der Waals surface area contributed by atoms with Crippen molar-refractivity contribution < 1.29 is 14.5 Å². The zero-order valence-corrected chi connectivity index (χ0v) is 7.14. The lowest BCUT2D eigenvalue weighted by Crippen LogP contribution is -2.26. The molecular weight excluding hydrogens is 174 g/mol. The number of nitrogens with zero attached hydrogens (tertiary/aromatic N) is 1. The number of nitro groups is 1. The van der Waals surface area contributed by atoms with Gasteiger partial charge in [-0.2, -0.15) is 0 Å². The Balaban J connectivity index is 2.59. The molecule has 0 spiro atoms. The topological polar surface area (TPSA) is 77.3 Å². The van der Waals surface area contributed by atoms with E-state index in [1.54, 1.807) is 0 Å². The molecule has 0 aliphatic heterocycles. The van der Waals surface area contributed by atoms with Crippen LogP contribution in [0.25, 0.3) is 0 Å². The molecule has 0 N–H and O–H groups in total. The lowest BCUT2D eigenvalue weighted by Gasteiger charge is -2.11. The molecule has 5 heteroatoms. The Morgan fingerprint density at radius 3 is 2.77 bits per heavy atom. The number of hydrogen-bond donors (Lipinski definition) is 0. The van der Waals surface area contributed by atoms with Gasteiger partial charge in [-0.15, -0.1) is 0 Å². The zero-order valence-electron chi connectivity index (χ0n) is 7.14. The Morgan fingerprint density at radius 1 is 1.69 bits per heavy atom. The van der Waals surface area contributed by atoms with Crippen LogP contribution in [0.15, 0.2) is 0 Å². The molecule has 0 bridgehead atoms. The highest BCUT2D eigenvalue weighted by atomic mass is 16.6. The van der Waals surface area contributed by atoms with E-state index in [0.717, 1.165) is 6.42 Å². The largest absolute Gasteiger partial charge is 0.303 e. The summed E-state index contributed by atoms with van der Waals surface area (Å²) < 4.78 is 0.